The summed E-state index contributed by atoms with van der Waals surface area (Å²) >= 11 is 5.87. The molecule has 2 atom stereocenters. The predicted molar refractivity (Wildman–Crippen MR) is 69.0 cm³/mol. The van der Waals surface area contributed by atoms with Crippen LogP contribution < -0.4 is 5.32 Å². The number of rotatable bonds is 6. The van der Waals surface area contributed by atoms with E-state index in [0.29, 0.717) is 17.0 Å². The largest absolute Gasteiger partial charge is 0.380 e. The molecule has 1 rings (SSSR count). The Morgan fingerprint density at radius 1 is 1.47 bits per heavy atom. The highest BCUT2D eigenvalue weighted by Gasteiger charge is 2.19. The minimum atomic E-state index is -0.222. The van der Waals surface area contributed by atoms with E-state index in [4.69, 9.17) is 16.3 Å². The standard InChI is InChI=1S/C13H19ClFNO/c1-4-13(17-3)12(16-2)8-9-7-10(14)5-6-11(9)15/h5-7,12-13,16H,4,8H2,1-3H3. The predicted octanol–water partition coefficient (Wildman–Crippen LogP) is 3.03. The lowest BCUT2D eigenvalue weighted by Crippen LogP contribution is -2.40. The first kappa shape index (κ1) is 14.4. The van der Waals surface area contributed by atoms with E-state index in [-0.39, 0.29) is 18.0 Å². The summed E-state index contributed by atoms with van der Waals surface area (Å²) in [4.78, 5) is 0. The van der Waals surface area contributed by atoms with Gasteiger partial charge in [0.2, 0.25) is 0 Å². The van der Waals surface area contributed by atoms with Crippen LogP contribution >= 0.6 is 11.6 Å². The van der Waals surface area contributed by atoms with Crippen molar-refractivity contribution in [1.82, 2.24) is 5.32 Å². The van der Waals surface area contributed by atoms with Crippen molar-refractivity contribution >= 4 is 11.6 Å². The van der Waals surface area contributed by atoms with Crippen LogP contribution in [0.4, 0.5) is 4.39 Å². The lowest BCUT2D eigenvalue weighted by Gasteiger charge is -2.25. The smallest absolute Gasteiger partial charge is 0.126 e. The molecule has 0 aliphatic rings. The summed E-state index contributed by atoms with van der Waals surface area (Å²) in [5.41, 5.74) is 0.618. The van der Waals surface area contributed by atoms with Crippen LogP contribution in [-0.2, 0) is 11.2 Å². The summed E-state index contributed by atoms with van der Waals surface area (Å²) in [6.45, 7) is 2.05. The van der Waals surface area contributed by atoms with Gasteiger partial charge < -0.3 is 10.1 Å². The minimum absolute atomic E-state index is 0.0679. The molecule has 0 radical (unpaired) electrons. The van der Waals surface area contributed by atoms with E-state index >= 15 is 0 Å². The quantitative estimate of drug-likeness (QED) is 0.848. The molecule has 2 unspecified atom stereocenters. The molecule has 0 saturated carbocycles. The van der Waals surface area contributed by atoms with Crippen molar-refractivity contribution in [3.63, 3.8) is 0 Å². The SMILES string of the molecule is CCC(OC)C(Cc1cc(Cl)ccc1F)NC. The lowest BCUT2D eigenvalue weighted by molar-refractivity contribution is 0.0675. The molecule has 17 heavy (non-hydrogen) atoms. The van der Waals surface area contributed by atoms with Crippen molar-refractivity contribution in [1.29, 1.82) is 0 Å². The normalized spacial score (nSPS) is 14.6. The number of methoxy groups -OCH3 is 1. The van der Waals surface area contributed by atoms with Crippen LogP contribution in [0.1, 0.15) is 18.9 Å². The van der Waals surface area contributed by atoms with Gasteiger partial charge in [0.05, 0.1) is 6.10 Å². The summed E-state index contributed by atoms with van der Waals surface area (Å²) in [5, 5.41) is 3.72. The van der Waals surface area contributed by atoms with Gasteiger partial charge in [-0.3, -0.25) is 0 Å². The molecule has 0 aliphatic carbocycles. The van der Waals surface area contributed by atoms with E-state index in [9.17, 15) is 4.39 Å². The first-order chi connectivity index (χ1) is 8.12. The van der Waals surface area contributed by atoms with Gasteiger partial charge in [0.1, 0.15) is 5.82 Å². The number of nitrogens with one attached hydrogen (secondary N) is 1. The van der Waals surface area contributed by atoms with Crippen LogP contribution in [0.25, 0.3) is 0 Å². The molecule has 96 valence electrons. The van der Waals surface area contributed by atoms with Gasteiger partial charge in [-0.15, -0.1) is 0 Å². The molecule has 4 heteroatoms. The maximum atomic E-state index is 13.6. The molecule has 0 heterocycles. The number of halogens is 2. The second-order valence-corrected chi connectivity index (χ2v) is 4.45. The van der Waals surface area contributed by atoms with E-state index in [1.807, 2.05) is 14.0 Å². The van der Waals surface area contributed by atoms with Crippen molar-refractivity contribution in [2.75, 3.05) is 14.2 Å². The van der Waals surface area contributed by atoms with E-state index in [1.165, 1.54) is 6.07 Å². The van der Waals surface area contributed by atoms with Crippen molar-refractivity contribution < 1.29 is 9.13 Å². The summed E-state index contributed by atoms with van der Waals surface area (Å²) in [6.07, 6.45) is 1.51. The van der Waals surface area contributed by atoms with Crippen LogP contribution in [0.2, 0.25) is 5.02 Å². The Hall–Kier alpha value is -0.640. The van der Waals surface area contributed by atoms with Gasteiger partial charge in [-0.2, -0.15) is 0 Å². The molecule has 1 aromatic carbocycles. The summed E-state index contributed by atoms with van der Waals surface area (Å²) < 4.78 is 19.0. The lowest BCUT2D eigenvalue weighted by atomic mass is 9.99. The molecule has 0 fully saturated rings. The number of ether oxygens (including phenoxy) is 1. The first-order valence-electron chi connectivity index (χ1n) is 5.76. The highest BCUT2D eigenvalue weighted by atomic mass is 35.5. The molecule has 0 aliphatic heterocycles. The Morgan fingerprint density at radius 3 is 2.71 bits per heavy atom. The van der Waals surface area contributed by atoms with E-state index in [0.717, 1.165) is 6.42 Å². The molecule has 1 N–H and O–H groups in total. The Kier molecular flexibility index (Phi) is 5.89. The topological polar surface area (TPSA) is 21.3 Å². The number of likely N-dealkylation sites (N-methyl/N-ethyl adjacent to an activating group) is 1. The fourth-order valence-electron chi connectivity index (χ4n) is 1.97. The van der Waals surface area contributed by atoms with Crippen molar-refractivity contribution in [3.05, 3.63) is 34.6 Å². The molecule has 0 bridgehead atoms. The third-order valence-corrected chi connectivity index (χ3v) is 3.21. The molecule has 0 aromatic heterocycles. The van der Waals surface area contributed by atoms with Crippen LogP contribution in [0.5, 0.6) is 0 Å². The van der Waals surface area contributed by atoms with E-state index < -0.39 is 0 Å². The summed E-state index contributed by atoms with van der Waals surface area (Å²) in [6, 6.07) is 4.71. The number of hydrogen-bond donors (Lipinski definition) is 1. The van der Waals surface area contributed by atoms with Crippen LogP contribution in [0, 0.1) is 5.82 Å². The van der Waals surface area contributed by atoms with E-state index in [1.54, 1.807) is 19.2 Å². The number of benzene rings is 1. The maximum Gasteiger partial charge on any atom is 0.126 e. The highest BCUT2D eigenvalue weighted by Crippen LogP contribution is 2.18. The second kappa shape index (κ2) is 6.94. The zero-order valence-corrected chi connectivity index (χ0v) is 11.2. The van der Waals surface area contributed by atoms with Crippen molar-refractivity contribution in [2.45, 2.75) is 31.9 Å². The molecular formula is C13H19ClFNO. The fraction of sp³-hybridized carbons (Fsp3) is 0.538. The minimum Gasteiger partial charge on any atom is -0.380 e. The Labute approximate surface area is 107 Å². The third kappa shape index (κ3) is 3.95. The Bertz CT molecular complexity index is 355. The average Bonchev–Trinajstić information content (AvgIpc) is 2.33. The Morgan fingerprint density at radius 2 is 2.18 bits per heavy atom. The second-order valence-electron chi connectivity index (χ2n) is 4.02. The molecule has 0 amide bonds. The Balaban J connectivity index is 2.83. The van der Waals surface area contributed by atoms with Gasteiger partial charge in [-0.25, -0.2) is 4.39 Å². The van der Waals surface area contributed by atoms with Crippen LogP contribution in [0.15, 0.2) is 18.2 Å². The van der Waals surface area contributed by atoms with Gasteiger partial charge in [-0.1, -0.05) is 18.5 Å². The molecule has 2 nitrogen and oxygen atoms in total. The first-order valence-corrected chi connectivity index (χ1v) is 6.14. The van der Waals surface area contributed by atoms with Gasteiger partial charge in [-0.05, 0) is 43.7 Å². The fourth-order valence-corrected chi connectivity index (χ4v) is 2.17. The summed E-state index contributed by atoms with van der Waals surface area (Å²) in [7, 11) is 3.53. The average molecular weight is 260 g/mol. The van der Waals surface area contributed by atoms with Gasteiger partial charge in [0.15, 0.2) is 0 Å². The van der Waals surface area contributed by atoms with Crippen LogP contribution in [-0.4, -0.2) is 26.3 Å². The molecular weight excluding hydrogens is 241 g/mol. The molecule has 0 spiro atoms. The monoisotopic (exact) mass is 259 g/mol. The molecule has 1 aromatic rings. The number of hydrogen-bond acceptors (Lipinski definition) is 2. The van der Waals surface area contributed by atoms with Crippen molar-refractivity contribution in [2.24, 2.45) is 0 Å². The summed E-state index contributed by atoms with van der Waals surface area (Å²) in [5.74, 6) is -0.222. The highest BCUT2D eigenvalue weighted by molar-refractivity contribution is 6.30. The maximum absolute atomic E-state index is 13.6. The van der Waals surface area contributed by atoms with Gasteiger partial charge >= 0.3 is 0 Å². The van der Waals surface area contributed by atoms with Crippen LogP contribution in [0.3, 0.4) is 0 Å². The zero-order chi connectivity index (χ0) is 12.8. The van der Waals surface area contributed by atoms with E-state index in [2.05, 4.69) is 5.32 Å². The van der Waals surface area contributed by atoms with Gasteiger partial charge in [0.25, 0.3) is 0 Å². The van der Waals surface area contributed by atoms with Gasteiger partial charge in [0, 0.05) is 18.2 Å². The zero-order valence-electron chi connectivity index (χ0n) is 10.5. The van der Waals surface area contributed by atoms with Crippen molar-refractivity contribution in [3.8, 4) is 0 Å². The third-order valence-electron chi connectivity index (χ3n) is 2.97. The molecule has 0 saturated heterocycles.